The fourth-order valence-corrected chi connectivity index (χ4v) is 1.88. The van der Waals surface area contributed by atoms with Gasteiger partial charge in [0.15, 0.2) is 0 Å². The molecule has 1 saturated carbocycles. The van der Waals surface area contributed by atoms with Crippen molar-refractivity contribution in [1.82, 2.24) is 10.2 Å². The maximum absolute atomic E-state index is 11.4. The van der Waals surface area contributed by atoms with Crippen LogP contribution in [0.25, 0.3) is 0 Å². The van der Waals surface area contributed by atoms with Gasteiger partial charge in [0, 0.05) is 26.2 Å². The number of carbonyl (C=O) groups excluding carboxylic acids is 1. The molecule has 1 aliphatic rings. The summed E-state index contributed by atoms with van der Waals surface area (Å²) in [5, 5.41) is 3.20. The molecule has 0 heterocycles. The van der Waals surface area contributed by atoms with Crippen molar-refractivity contribution in [2.24, 2.45) is 5.73 Å². The average molecular weight is 243 g/mol. The lowest BCUT2D eigenvalue weighted by atomic mass is 10.2. The van der Waals surface area contributed by atoms with Crippen molar-refractivity contribution in [3.05, 3.63) is 0 Å². The van der Waals surface area contributed by atoms with Crippen molar-refractivity contribution in [2.75, 3.05) is 33.4 Å². The molecule has 1 amide bonds. The lowest BCUT2D eigenvalue weighted by molar-refractivity contribution is -0.120. The Balaban J connectivity index is 2.40. The fourth-order valence-electron chi connectivity index (χ4n) is 1.88. The Morgan fingerprint density at radius 1 is 1.59 bits per heavy atom. The minimum absolute atomic E-state index is 0.243. The number of primary amides is 1. The molecule has 100 valence electrons. The van der Waals surface area contributed by atoms with Gasteiger partial charge in [-0.1, -0.05) is 6.92 Å². The minimum atomic E-state index is -0.262. The van der Waals surface area contributed by atoms with E-state index in [1.165, 1.54) is 12.8 Å². The van der Waals surface area contributed by atoms with Gasteiger partial charge >= 0.3 is 0 Å². The van der Waals surface area contributed by atoms with E-state index in [1.54, 1.807) is 7.11 Å². The van der Waals surface area contributed by atoms with E-state index in [0.29, 0.717) is 19.2 Å². The van der Waals surface area contributed by atoms with Crippen LogP contribution in [0.15, 0.2) is 0 Å². The molecule has 0 radical (unpaired) electrons. The van der Waals surface area contributed by atoms with E-state index in [1.807, 2.05) is 0 Å². The van der Waals surface area contributed by atoms with Crippen LogP contribution in [-0.4, -0.2) is 56.2 Å². The highest BCUT2D eigenvalue weighted by atomic mass is 16.5. The lowest BCUT2D eigenvalue weighted by Gasteiger charge is -2.26. The van der Waals surface area contributed by atoms with Crippen molar-refractivity contribution in [2.45, 2.75) is 38.3 Å². The molecular weight excluding hydrogens is 218 g/mol. The second kappa shape index (κ2) is 7.63. The molecule has 1 atom stereocenters. The summed E-state index contributed by atoms with van der Waals surface area (Å²) in [6.07, 6.45) is 3.46. The van der Waals surface area contributed by atoms with E-state index in [-0.39, 0.29) is 11.9 Å². The van der Waals surface area contributed by atoms with Crippen LogP contribution in [0, 0.1) is 0 Å². The maximum Gasteiger partial charge on any atom is 0.235 e. The molecule has 0 aliphatic heterocycles. The summed E-state index contributed by atoms with van der Waals surface area (Å²) in [6, 6.07) is 0.378. The molecule has 17 heavy (non-hydrogen) atoms. The zero-order valence-electron chi connectivity index (χ0n) is 10.9. The molecule has 0 bridgehead atoms. The van der Waals surface area contributed by atoms with Crippen LogP contribution in [-0.2, 0) is 9.53 Å². The van der Waals surface area contributed by atoms with Gasteiger partial charge in [0.05, 0.1) is 12.6 Å². The van der Waals surface area contributed by atoms with Crippen molar-refractivity contribution in [3.8, 4) is 0 Å². The molecule has 0 aromatic heterocycles. The first kappa shape index (κ1) is 14.4. The Bertz CT molecular complexity index is 232. The summed E-state index contributed by atoms with van der Waals surface area (Å²) in [7, 11) is 1.70. The normalized spacial score (nSPS) is 17.4. The topological polar surface area (TPSA) is 67.6 Å². The number of hydrogen-bond donors (Lipinski definition) is 2. The van der Waals surface area contributed by atoms with Crippen LogP contribution < -0.4 is 11.1 Å². The number of rotatable bonds is 10. The maximum atomic E-state index is 11.4. The molecule has 0 spiro atoms. The van der Waals surface area contributed by atoms with Crippen molar-refractivity contribution in [3.63, 3.8) is 0 Å². The number of carbonyl (C=O) groups is 1. The number of nitrogens with one attached hydrogen (secondary N) is 1. The van der Waals surface area contributed by atoms with Crippen molar-refractivity contribution >= 4 is 5.91 Å². The van der Waals surface area contributed by atoms with Crippen molar-refractivity contribution < 1.29 is 9.53 Å². The predicted octanol–water partition coefficient (Wildman–Crippen LogP) is -0.0493. The van der Waals surface area contributed by atoms with E-state index >= 15 is 0 Å². The second-order valence-corrected chi connectivity index (χ2v) is 4.63. The summed E-state index contributed by atoms with van der Waals surface area (Å²) >= 11 is 0. The van der Waals surface area contributed by atoms with Gasteiger partial charge in [-0.3, -0.25) is 9.69 Å². The number of nitrogens with zero attached hydrogens (tertiary/aromatic N) is 1. The molecule has 1 unspecified atom stereocenters. The van der Waals surface area contributed by atoms with Gasteiger partial charge in [0.2, 0.25) is 5.91 Å². The first-order valence-corrected chi connectivity index (χ1v) is 6.44. The summed E-state index contributed by atoms with van der Waals surface area (Å²) in [4.78, 5) is 13.7. The highest BCUT2D eigenvalue weighted by Crippen LogP contribution is 2.26. The lowest BCUT2D eigenvalue weighted by Crippen LogP contribution is -2.50. The summed E-state index contributed by atoms with van der Waals surface area (Å²) in [6.45, 7) is 5.18. The van der Waals surface area contributed by atoms with Crippen LogP contribution in [0.4, 0.5) is 0 Å². The van der Waals surface area contributed by atoms with Gasteiger partial charge < -0.3 is 15.8 Å². The first-order chi connectivity index (χ1) is 8.19. The van der Waals surface area contributed by atoms with Gasteiger partial charge in [-0.25, -0.2) is 0 Å². The Hall–Kier alpha value is -0.650. The van der Waals surface area contributed by atoms with Gasteiger partial charge in [0.1, 0.15) is 0 Å². The molecule has 1 rings (SSSR count). The van der Waals surface area contributed by atoms with Crippen LogP contribution in [0.1, 0.15) is 26.2 Å². The first-order valence-electron chi connectivity index (χ1n) is 6.44. The Labute approximate surface area is 104 Å². The van der Waals surface area contributed by atoms with Gasteiger partial charge in [-0.15, -0.1) is 0 Å². The molecule has 1 aliphatic carbocycles. The fraction of sp³-hybridized carbons (Fsp3) is 0.917. The van der Waals surface area contributed by atoms with Gasteiger partial charge in [0.25, 0.3) is 0 Å². The third-order valence-corrected chi connectivity index (χ3v) is 3.05. The molecular formula is C12H25N3O2. The zero-order chi connectivity index (χ0) is 12.7. The van der Waals surface area contributed by atoms with E-state index in [4.69, 9.17) is 10.5 Å². The minimum Gasteiger partial charge on any atom is -0.383 e. The second-order valence-electron chi connectivity index (χ2n) is 4.63. The quantitative estimate of drug-likeness (QED) is 0.564. The molecule has 3 N–H and O–H groups in total. The standard InChI is InChI=1S/C12H25N3O2/c1-3-6-14-11(12(13)16)9-15(7-8-17-2)10-4-5-10/h10-11,14H,3-9H2,1-2H3,(H2,13,16). The number of nitrogens with two attached hydrogens (primary N) is 1. The Kier molecular flexibility index (Phi) is 6.47. The van der Waals surface area contributed by atoms with Crippen LogP contribution in [0.3, 0.4) is 0 Å². The van der Waals surface area contributed by atoms with Gasteiger partial charge in [-0.2, -0.15) is 0 Å². The summed E-state index contributed by atoms with van der Waals surface area (Å²) < 4.78 is 5.10. The molecule has 5 nitrogen and oxygen atoms in total. The average Bonchev–Trinajstić information content (AvgIpc) is 3.12. The number of amides is 1. The number of methoxy groups -OCH3 is 1. The van der Waals surface area contributed by atoms with E-state index < -0.39 is 0 Å². The smallest absolute Gasteiger partial charge is 0.235 e. The monoisotopic (exact) mass is 243 g/mol. The molecule has 0 saturated heterocycles. The largest absolute Gasteiger partial charge is 0.383 e. The zero-order valence-corrected chi connectivity index (χ0v) is 10.9. The van der Waals surface area contributed by atoms with E-state index in [9.17, 15) is 4.79 Å². The third kappa shape index (κ3) is 5.48. The number of hydrogen-bond acceptors (Lipinski definition) is 4. The molecule has 0 aromatic carbocycles. The summed E-state index contributed by atoms with van der Waals surface area (Å²) in [5.74, 6) is -0.262. The van der Waals surface area contributed by atoms with Crippen LogP contribution >= 0.6 is 0 Å². The predicted molar refractivity (Wildman–Crippen MR) is 67.7 cm³/mol. The van der Waals surface area contributed by atoms with Gasteiger partial charge in [-0.05, 0) is 25.8 Å². The van der Waals surface area contributed by atoms with Crippen molar-refractivity contribution in [1.29, 1.82) is 0 Å². The number of ether oxygens (including phenoxy) is 1. The molecule has 0 aromatic rings. The van der Waals surface area contributed by atoms with Crippen LogP contribution in [0.5, 0.6) is 0 Å². The molecule has 1 fully saturated rings. The third-order valence-electron chi connectivity index (χ3n) is 3.05. The highest BCUT2D eigenvalue weighted by Gasteiger charge is 2.31. The Morgan fingerprint density at radius 3 is 2.76 bits per heavy atom. The van der Waals surface area contributed by atoms with E-state index in [2.05, 4.69) is 17.1 Å². The SMILES string of the molecule is CCCNC(CN(CCOC)C1CC1)C(N)=O. The highest BCUT2D eigenvalue weighted by molar-refractivity contribution is 5.80. The van der Waals surface area contributed by atoms with Crippen LogP contribution in [0.2, 0.25) is 0 Å². The Morgan fingerprint density at radius 2 is 2.29 bits per heavy atom. The summed E-state index contributed by atoms with van der Waals surface area (Å²) in [5.41, 5.74) is 5.42. The molecule has 5 heteroatoms. The van der Waals surface area contributed by atoms with E-state index in [0.717, 1.165) is 19.5 Å².